The standard InChI is InChI=1S/C24H8F18N2O4/c25-17(26,19(29,30)21(33,34)23(37,38)39)5-43-13(45)7-1-2-8-12-10(4-3-9(11(7)12)15(43)47)16(48)44(14(8)46)6-18(27,28)20(31,32)22(35,36)24(40,41)42/h1-4H,5-6H2. The fourth-order valence-electron chi connectivity index (χ4n) is 4.67. The molecular formula is C24H8F18N2O4. The van der Waals surface area contributed by atoms with Gasteiger partial charge in [-0.1, -0.05) is 0 Å². The number of amides is 4. The van der Waals surface area contributed by atoms with Gasteiger partial charge in [0, 0.05) is 33.0 Å². The van der Waals surface area contributed by atoms with Gasteiger partial charge in [-0.3, -0.25) is 29.0 Å². The molecule has 4 rings (SSSR count). The van der Waals surface area contributed by atoms with Gasteiger partial charge in [0.25, 0.3) is 23.6 Å². The van der Waals surface area contributed by atoms with E-state index in [1.807, 2.05) is 0 Å². The fraction of sp³-hybridized carbons (Fsp3) is 0.417. The Morgan fingerprint density at radius 3 is 0.771 bits per heavy atom. The number of nitrogens with zero attached hydrogens (tertiary/aromatic N) is 2. The number of imide groups is 2. The van der Waals surface area contributed by atoms with Crippen molar-refractivity contribution in [3.63, 3.8) is 0 Å². The molecule has 0 fully saturated rings. The lowest BCUT2D eigenvalue weighted by Gasteiger charge is -2.38. The normalized spacial score (nSPS) is 17.2. The molecule has 4 amide bonds. The minimum Gasteiger partial charge on any atom is -0.269 e. The zero-order valence-electron chi connectivity index (χ0n) is 22.1. The van der Waals surface area contributed by atoms with E-state index in [0.717, 1.165) is 0 Å². The van der Waals surface area contributed by atoms with E-state index >= 15 is 0 Å². The molecule has 0 aliphatic carbocycles. The first-order valence-corrected chi connectivity index (χ1v) is 12.0. The van der Waals surface area contributed by atoms with E-state index in [4.69, 9.17) is 0 Å². The summed E-state index contributed by atoms with van der Waals surface area (Å²) in [5.74, 6) is -50.9. The molecule has 2 aliphatic rings. The van der Waals surface area contributed by atoms with Crippen LogP contribution in [-0.2, 0) is 0 Å². The molecule has 0 N–H and O–H groups in total. The van der Waals surface area contributed by atoms with Crippen molar-refractivity contribution in [2.45, 2.75) is 47.9 Å². The molecule has 0 atom stereocenters. The lowest BCUT2D eigenvalue weighted by molar-refractivity contribution is -0.395. The first kappa shape index (κ1) is 36.6. The maximum atomic E-state index is 14.3. The molecule has 24 heteroatoms. The van der Waals surface area contributed by atoms with E-state index in [0.29, 0.717) is 24.3 Å². The van der Waals surface area contributed by atoms with E-state index in [1.54, 1.807) is 0 Å². The number of rotatable bonds is 8. The number of hydrogen-bond acceptors (Lipinski definition) is 4. The average molecular weight is 730 g/mol. The molecule has 0 saturated carbocycles. The van der Waals surface area contributed by atoms with Gasteiger partial charge in [-0.25, -0.2) is 0 Å². The second-order valence-corrected chi connectivity index (χ2v) is 10.2. The summed E-state index contributed by atoms with van der Waals surface area (Å²) in [5.41, 5.74) is -4.49. The molecule has 0 unspecified atom stereocenters. The number of alkyl halides is 18. The Bertz CT molecular complexity index is 1560. The highest BCUT2D eigenvalue weighted by atomic mass is 19.4. The van der Waals surface area contributed by atoms with E-state index in [2.05, 4.69) is 0 Å². The quantitative estimate of drug-likeness (QED) is 0.218. The summed E-state index contributed by atoms with van der Waals surface area (Å²) in [4.78, 5) is 49.7. The molecular weight excluding hydrogens is 722 g/mol. The summed E-state index contributed by atoms with van der Waals surface area (Å²) in [6.07, 6.45) is -14.5. The van der Waals surface area contributed by atoms with Crippen molar-refractivity contribution in [2.24, 2.45) is 0 Å². The first-order chi connectivity index (χ1) is 21.3. The van der Waals surface area contributed by atoms with Crippen molar-refractivity contribution in [1.29, 1.82) is 0 Å². The van der Waals surface area contributed by atoms with Crippen LogP contribution in [0.3, 0.4) is 0 Å². The third kappa shape index (κ3) is 4.67. The van der Waals surface area contributed by atoms with Crippen molar-refractivity contribution in [1.82, 2.24) is 9.80 Å². The van der Waals surface area contributed by atoms with E-state index < -0.39 is 127 Å². The molecule has 0 saturated heterocycles. The smallest absolute Gasteiger partial charge is 0.269 e. The van der Waals surface area contributed by atoms with Crippen LogP contribution < -0.4 is 0 Å². The second-order valence-electron chi connectivity index (χ2n) is 10.2. The van der Waals surface area contributed by atoms with Crippen LogP contribution in [0.1, 0.15) is 41.4 Å². The molecule has 48 heavy (non-hydrogen) atoms. The molecule has 6 nitrogen and oxygen atoms in total. The topological polar surface area (TPSA) is 74.8 Å². The molecule has 0 spiro atoms. The Balaban J connectivity index is 1.77. The van der Waals surface area contributed by atoms with Gasteiger partial charge in [0.2, 0.25) is 0 Å². The largest absolute Gasteiger partial charge is 0.460 e. The minimum absolute atomic E-state index is 0.309. The zero-order chi connectivity index (χ0) is 37.2. The highest BCUT2D eigenvalue weighted by molar-refractivity contribution is 6.33. The minimum atomic E-state index is -7.42. The third-order valence-electron chi connectivity index (χ3n) is 7.20. The van der Waals surface area contributed by atoms with Crippen molar-refractivity contribution in [3.05, 3.63) is 46.5 Å². The van der Waals surface area contributed by atoms with Crippen LogP contribution in [0.25, 0.3) is 10.8 Å². The van der Waals surface area contributed by atoms with Crippen molar-refractivity contribution in [2.75, 3.05) is 13.1 Å². The van der Waals surface area contributed by atoms with Crippen LogP contribution in [0.4, 0.5) is 79.0 Å². The molecule has 0 aromatic heterocycles. The maximum Gasteiger partial charge on any atom is 0.460 e. The van der Waals surface area contributed by atoms with Gasteiger partial charge in [0.05, 0.1) is 13.1 Å². The molecule has 2 heterocycles. The predicted octanol–water partition coefficient (Wildman–Crippen LogP) is 6.97. The van der Waals surface area contributed by atoms with Crippen LogP contribution in [0.5, 0.6) is 0 Å². The molecule has 2 aliphatic heterocycles. The van der Waals surface area contributed by atoms with Crippen LogP contribution in [0.2, 0.25) is 0 Å². The van der Waals surface area contributed by atoms with Crippen molar-refractivity contribution < 1.29 is 98.2 Å². The van der Waals surface area contributed by atoms with Gasteiger partial charge in [-0.15, -0.1) is 0 Å². The maximum absolute atomic E-state index is 14.3. The monoisotopic (exact) mass is 730 g/mol. The highest BCUT2D eigenvalue weighted by Gasteiger charge is 2.83. The summed E-state index contributed by atoms with van der Waals surface area (Å²) >= 11 is 0. The summed E-state index contributed by atoms with van der Waals surface area (Å²) < 4.78 is 241. The van der Waals surface area contributed by atoms with Gasteiger partial charge in [-0.05, 0) is 24.3 Å². The highest BCUT2D eigenvalue weighted by Crippen LogP contribution is 2.55. The molecule has 264 valence electrons. The van der Waals surface area contributed by atoms with Crippen molar-refractivity contribution >= 4 is 34.4 Å². The number of hydrogen-bond donors (Lipinski definition) is 0. The average Bonchev–Trinajstić information content (AvgIpc) is 2.93. The lowest BCUT2D eigenvalue weighted by Crippen LogP contribution is -2.64. The van der Waals surface area contributed by atoms with E-state index in [1.165, 1.54) is 0 Å². The van der Waals surface area contributed by atoms with Gasteiger partial charge in [-0.2, -0.15) is 79.0 Å². The van der Waals surface area contributed by atoms with Crippen LogP contribution in [-0.4, -0.2) is 94.4 Å². The van der Waals surface area contributed by atoms with Gasteiger partial charge >= 0.3 is 47.9 Å². The summed E-state index contributed by atoms with van der Waals surface area (Å²) in [6, 6.07) is 1.24. The number of carbonyl (C=O) groups is 4. The Labute approximate surface area is 250 Å². The van der Waals surface area contributed by atoms with Crippen LogP contribution in [0, 0.1) is 0 Å². The number of halogens is 18. The Morgan fingerprint density at radius 2 is 0.583 bits per heavy atom. The van der Waals surface area contributed by atoms with E-state index in [9.17, 15) is 98.2 Å². The predicted molar refractivity (Wildman–Crippen MR) is 116 cm³/mol. The molecule has 0 bridgehead atoms. The first-order valence-electron chi connectivity index (χ1n) is 12.0. The van der Waals surface area contributed by atoms with Gasteiger partial charge < -0.3 is 0 Å². The van der Waals surface area contributed by atoms with E-state index in [-0.39, 0.29) is 0 Å². The molecule has 2 aromatic rings. The Morgan fingerprint density at radius 1 is 0.375 bits per heavy atom. The van der Waals surface area contributed by atoms with Gasteiger partial charge in [0.15, 0.2) is 0 Å². The summed E-state index contributed by atoms with van der Waals surface area (Å²) in [7, 11) is 0. The third-order valence-corrected chi connectivity index (χ3v) is 7.20. The molecule has 0 radical (unpaired) electrons. The Kier molecular flexibility index (Phi) is 7.71. The number of carbonyl (C=O) groups excluding carboxylic acids is 4. The van der Waals surface area contributed by atoms with Crippen LogP contribution >= 0.6 is 0 Å². The lowest BCUT2D eigenvalue weighted by atomic mass is 9.85. The zero-order valence-corrected chi connectivity index (χ0v) is 22.1. The van der Waals surface area contributed by atoms with Crippen LogP contribution in [0.15, 0.2) is 24.3 Å². The second kappa shape index (κ2) is 10.1. The molecule has 2 aromatic carbocycles. The fourth-order valence-corrected chi connectivity index (χ4v) is 4.67. The summed E-state index contributed by atoms with van der Waals surface area (Å²) in [6.45, 7) is -6.24. The summed E-state index contributed by atoms with van der Waals surface area (Å²) in [5, 5.41) is -1.90. The van der Waals surface area contributed by atoms with Crippen molar-refractivity contribution in [3.8, 4) is 0 Å². The van der Waals surface area contributed by atoms with Gasteiger partial charge in [0.1, 0.15) is 0 Å². The SMILES string of the molecule is O=C1c2ccc3c4c(ccc(c24)C(=O)N1CC(F)(F)C(F)(F)C(F)(F)C(F)(F)F)C(=O)N(CC(F)(F)C(F)(F)C(F)(F)C(F)(F)F)C3=O. The number of benzene rings is 2. The Hall–Kier alpha value is -4.28.